The molecule has 57 heavy (non-hydrogen) atoms. The van der Waals surface area contributed by atoms with Gasteiger partial charge in [-0.1, -0.05) is 0 Å². The minimum absolute atomic E-state index is 0.00196. The molecule has 0 radical (unpaired) electrons. The molecule has 324 valence electrons. The number of hydrogen-bond acceptors (Lipinski definition) is 15. The predicted molar refractivity (Wildman–Crippen MR) is 208 cm³/mol. The Kier molecular flexibility index (Phi) is 16.7. The molecule has 0 aromatic rings. The first-order valence-electron chi connectivity index (χ1n) is 20.3. The van der Waals surface area contributed by atoms with Crippen molar-refractivity contribution in [2.45, 2.75) is 155 Å². The zero-order chi connectivity index (χ0) is 42.8. The molecule has 0 bridgehead atoms. The van der Waals surface area contributed by atoms with E-state index in [1.165, 1.54) is 0 Å². The molecule has 2 aliphatic heterocycles. The van der Waals surface area contributed by atoms with Crippen LogP contribution >= 0.6 is 0 Å². The van der Waals surface area contributed by atoms with Gasteiger partial charge in [-0.15, -0.1) is 5.06 Å². The molecule has 0 aromatic carbocycles. The van der Waals surface area contributed by atoms with Crippen molar-refractivity contribution in [2.24, 2.45) is 11.8 Å². The lowest BCUT2D eigenvalue weighted by molar-refractivity contribution is -0.201. The second-order valence-electron chi connectivity index (χ2n) is 19.0. The first kappa shape index (κ1) is 47.7. The monoisotopic (exact) mass is 808 g/mol. The number of imide groups is 1. The van der Waals surface area contributed by atoms with Gasteiger partial charge in [0.05, 0.1) is 19.0 Å². The Morgan fingerprint density at radius 3 is 1.81 bits per heavy atom. The smallest absolute Gasteiger partial charge is 0.336 e. The third-order valence-electron chi connectivity index (χ3n) is 11.0. The summed E-state index contributed by atoms with van der Waals surface area (Å²) in [6, 6.07) is 0. The lowest BCUT2D eigenvalue weighted by Crippen LogP contribution is -2.65. The predicted octanol–water partition coefficient (Wildman–Crippen LogP) is 3.82. The van der Waals surface area contributed by atoms with E-state index in [0.29, 0.717) is 102 Å². The van der Waals surface area contributed by atoms with Crippen LogP contribution < -0.4 is 0 Å². The highest BCUT2D eigenvalue weighted by Gasteiger charge is 2.49. The van der Waals surface area contributed by atoms with E-state index in [4.69, 9.17) is 23.8 Å². The molecule has 1 unspecified atom stereocenters. The summed E-state index contributed by atoms with van der Waals surface area (Å²) in [7, 11) is 0. The van der Waals surface area contributed by atoms with Crippen molar-refractivity contribution in [1.29, 1.82) is 0 Å². The minimum atomic E-state index is -0.866. The summed E-state index contributed by atoms with van der Waals surface area (Å²) in [4.78, 5) is 99.7. The fourth-order valence-corrected chi connectivity index (χ4v) is 7.94. The van der Waals surface area contributed by atoms with E-state index in [0.717, 1.165) is 0 Å². The standard InChI is InChI=1S/C41H68N4O12/c1-37(2,3)55-34(50)25-43-24-23-42(20-17-39(7,8)53-28-46)21-19-41(27-43,44(22-18-40(9,10)54-29-47)26-35(51)56-38(4,5)6)31-13-11-30(12-14-31)36(52)57-45-32(48)15-16-33(45)49/h28-31H,11-27H2,1-10H3. The fraction of sp³-hybridized carbons (Fsp3) is 0.829. The van der Waals surface area contributed by atoms with Crippen molar-refractivity contribution in [2.75, 3.05) is 52.4 Å². The summed E-state index contributed by atoms with van der Waals surface area (Å²) in [6.45, 7) is 22.0. The van der Waals surface area contributed by atoms with Crippen LogP contribution in [0, 0.1) is 11.8 Å². The van der Waals surface area contributed by atoms with Crippen LogP contribution in [0.3, 0.4) is 0 Å². The summed E-state index contributed by atoms with van der Waals surface area (Å²) in [5.74, 6) is -3.18. The molecule has 3 rings (SSSR count). The number of carbonyl (C=O) groups is 7. The summed E-state index contributed by atoms with van der Waals surface area (Å²) < 4.78 is 22.5. The number of esters is 2. The maximum absolute atomic E-state index is 13.8. The number of rotatable bonds is 18. The topological polar surface area (TPSA) is 179 Å². The molecule has 2 heterocycles. The van der Waals surface area contributed by atoms with Crippen LogP contribution in [0.15, 0.2) is 0 Å². The third kappa shape index (κ3) is 15.2. The van der Waals surface area contributed by atoms with Gasteiger partial charge < -0.3 is 28.7 Å². The van der Waals surface area contributed by atoms with Gasteiger partial charge in [0.1, 0.15) is 22.4 Å². The van der Waals surface area contributed by atoms with E-state index < -0.39 is 57.6 Å². The first-order chi connectivity index (χ1) is 26.4. The van der Waals surface area contributed by atoms with Crippen LogP contribution in [-0.2, 0) is 57.3 Å². The number of amides is 2. The van der Waals surface area contributed by atoms with Gasteiger partial charge in [-0.25, -0.2) is 4.79 Å². The summed E-state index contributed by atoms with van der Waals surface area (Å²) >= 11 is 0. The molecule has 3 fully saturated rings. The molecule has 3 aliphatic rings. The molecule has 16 nitrogen and oxygen atoms in total. The van der Waals surface area contributed by atoms with Gasteiger partial charge in [-0.2, -0.15) is 0 Å². The van der Waals surface area contributed by atoms with Gasteiger partial charge in [0, 0.05) is 57.6 Å². The van der Waals surface area contributed by atoms with E-state index in [1.54, 1.807) is 0 Å². The van der Waals surface area contributed by atoms with Gasteiger partial charge in [0.15, 0.2) is 0 Å². The van der Waals surface area contributed by atoms with Crippen molar-refractivity contribution in [3.05, 3.63) is 0 Å². The second-order valence-corrected chi connectivity index (χ2v) is 19.0. The second kappa shape index (κ2) is 19.9. The highest BCUT2D eigenvalue weighted by Crippen LogP contribution is 2.43. The molecular weight excluding hydrogens is 740 g/mol. The van der Waals surface area contributed by atoms with Gasteiger partial charge in [0.2, 0.25) is 0 Å². The van der Waals surface area contributed by atoms with Crippen molar-refractivity contribution in [3.8, 4) is 0 Å². The molecule has 1 aliphatic carbocycles. The zero-order valence-corrected chi connectivity index (χ0v) is 36.0. The van der Waals surface area contributed by atoms with Gasteiger partial charge in [-0.05, 0) is 120 Å². The van der Waals surface area contributed by atoms with Crippen molar-refractivity contribution in [3.63, 3.8) is 0 Å². The Bertz CT molecular complexity index is 1410. The Balaban J connectivity index is 2.10. The number of hydrogen-bond donors (Lipinski definition) is 0. The highest BCUT2D eigenvalue weighted by atomic mass is 16.7. The highest BCUT2D eigenvalue weighted by molar-refractivity contribution is 6.01. The molecule has 2 saturated heterocycles. The zero-order valence-electron chi connectivity index (χ0n) is 36.0. The summed E-state index contributed by atoms with van der Waals surface area (Å²) in [5.41, 5.74) is -3.82. The van der Waals surface area contributed by atoms with Crippen molar-refractivity contribution >= 4 is 42.7 Å². The van der Waals surface area contributed by atoms with Crippen molar-refractivity contribution < 1.29 is 57.3 Å². The minimum Gasteiger partial charge on any atom is -0.462 e. The van der Waals surface area contributed by atoms with E-state index in [1.807, 2.05) is 69.2 Å². The number of nitrogens with zero attached hydrogens (tertiary/aromatic N) is 4. The first-order valence-corrected chi connectivity index (χ1v) is 20.3. The molecule has 1 atom stereocenters. The Labute approximate surface area is 338 Å². The quantitative estimate of drug-likeness (QED) is 0.0844. The number of hydroxylamine groups is 2. The largest absolute Gasteiger partial charge is 0.462 e. The van der Waals surface area contributed by atoms with E-state index in [2.05, 4.69) is 14.7 Å². The molecular formula is C41H68N4O12. The average molecular weight is 809 g/mol. The van der Waals surface area contributed by atoms with Gasteiger partial charge >= 0.3 is 17.9 Å². The molecule has 0 N–H and O–H groups in total. The Hall–Kier alpha value is -3.63. The maximum Gasteiger partial charge on any atom is 0.336 e. The SMILES string of the molecule is CC(C)(C)OC(=O)CN1CCN(CCC(C)(C)OC=O)CCC(C2CCC(C(=O)ON3C(=O)CCC3=O)CC2)(N(CCC(C)(C)OC=O)CC(=O)OC(C)(C)C)C1. The van der Waals surface area contributed by atoms with Gasteiger partial charge in [-0.3, -0.25) is 38.6 Å². The fourth-order valence-electron chi connectivity index (χ4n) is 7.94. The average Bonchev–Trinajstić information content (AvgIpc) is 3.38. The third-order valence-corrected chi connectivity index (χ3v) is 11.0. The van der Waals surface area contributed by atoms with Crippen LogP contribution in [0.4, 0.5) is 0 Å². The van der Waals surface area contributed by atoms with E-state index >= 15 is 0 Å². The van der Waals surface area contributed by atoms with Crippen LogP contribution in [0.2, 0.25) is 0 Å². The van der Waals surface area contributed by atoms with Crippen LogP contribution in [0.25, 0.3) is 0 Å². The Morgan fingerprint density at radius 1 is 0.737 bits per heavy atom. The molecule has 0 aromatic heterocycles. The Morgan fingerprint density at radius 2 is 1.26 bits per heavy atom. The van der Waals surface area contributed by atoms with Crippen LogP contribution in [-0.4, -0.2) is 143 Å². The van der Waals surface area contributed by atoms with E-state index in [-0.39, 0.29) is 37.8 Å². The normalized spacial score (nSPS) is 23.4. The van der Waals surface area contributed by atoms with Crippen LogP contribution in [0.1, 0.15) is 127 Å². The van der Waals surface area contributed by atoms with E-state index in [9.17, 15) is 33.6 Å². The lowest BCUT2D eigenvalue weighted by atomic mass is 9.68. The van der Waals surface area contributed by atoms with Crippen molar-refractivity contribution in [1.82, 2.24) is 19.8 Å². The summed E-state index contributed by atoms with van der Waals surface area (Å²) in [5, 5.41) is 0.584. The summed E-state index contributed by atoms with van der Waals surface area (Å²) in [6.07, 6.45) is 3.40. The molecule has 2 amide bonds. The van der Waals surface area contributed by atoms with Crippen LogP contribution in [0.5, 0.6) is 0 Å². The number of carbonyl (C=O) groups excluding carboxylic acids is 7. The number of ether oxygens (including phenoxy) is 4. The lowest BCUT2D eigenvalue weighted by Gasteiger charge is -2.54. The van der Waals surface area contributed by atoms with Gasteiger partial charge in [0.25, 0.3) is 24.8 Å². The molecule has 16 heteroatoms. The molecule has 1 saturated carbocycles. The maximum atomic E-state index is 13.8. The molecule has 0 spiro atoms.